The molecule has 0 spiro atoms. The molecule has 4 atom stereocenters. The monoisotopic (exact) mass is 410 g/mol. The van der Waals surface area contributed by atoms with Crippen molar-refractivity contribution >= 4 is 11.4 Å². The number of anilines is 2. The zero-order valence-corrected chi connectivity index (χ0v) is 20.4. The molecule has 0 N–H and O–H groups in total. The van der Waals surface area contributed by atoms with Gasteiger partial charge < -0.3 is 9.80 Å². The molecule has 2 heterocycles. The largest absolute Gasteiger partial charge is 0.366 e. The lowest BCUT2D eigenvalue weighted by molar-refractivity contribution is 0.527. The molecule has 0 radical (unpaired) electrons. The Morgan fingerprint density at radius 3 is 1.17 bits per heavy atom. The summed E-state index contributed by atoms with van der Waals surface area (Å²) in [7, 11) is 0. The molecular weight excluding hydrogens is 368 g/mol. The van der Waals surface area contributed by atoms with Gasteiger partial charge in [0.25, 0.3) is 0 Å². The first-order valence-electron chi connectivity index (χ1n) is 11.9. The molecule has 2 aromatic rings. The van der Waals surface area contributed by atoms with Gasteiger partial charge in [0.1, 0.15) is 0 Å². The highest BCUT2D eigenvalue weighted by Crippen LogP contribution is 2.29. The first-order chi connectivity index (χ1) is 14.4. The highest BCUT2D eigenvalue weighted by molar-refractivity contribution is 5.66. The van der Waals surface area contributed by atoms with Crippen LogP contribution in [0.5, 0.6) is 0 Å². The fourth-order valence-electron chi connectivity index (χ4n) is 4.11. The second kappa shape index (κ2) is 11.3. The van der Waals surface area contributed by atoms with Crippen LogP contribution in [0.15, 0.2) is 36.7 Å². The van der Waals surface area contributed by atoms with Gasteiger partial charge in [-0.1, -0.05) is 27.7 Å². The van der Waals surface area contributed by atoms with Crippen LogP contribution < -0.4 is 9.80 Å². The summed E-state index contributed by atoms with van der Waals surface area (Å²) in [5.74, 6) is 0. The molecule has 2 aromatic heterocycles. The molecular formula is C26H42N4. The quantitative estimate of drug-likeness (QED) is 0.401. The average Bonchev–Trinajstić information content (AvgIpc) is 2.79. The van der Waals surface area contributed by atoms with E-state index in [0.29, 0.717) is 24.2 Å². The molecule has 0 fully saturated rings. The third kappa shape index (κ3) is 5.53. The molecule has 0 aliphatic heterocycles. The van der Waals surface area contributed by atoms with Crippen molar-refractivity contribution in [1.82, 2.24) is 9.97 Å². The lowest BCUT2D eigenvalue weighted by atomic mass is 10.1. The Bertz CT molecular complexity index is 690. The van der Waals surface area contributed by atoms with Gasteiger partial charge in [0.15, 0.2) is 0 Å². The maximum Gasteiger partial charge on any atom is 0.0907 e. The van der Waals surface area contributed by atoms with Crippen LogP contribution in [0.25, 0.3) is 11.4 Å². The van der Waals surface area contributed by atoms with Gasteiger partial charge in [-0.25, -0.2) is 0 Å². The van der Waals surface area contributed by atoms with E-state index in [-0.39, 0.29) is 0 Å². The van der Waals surface area contributed by atoms with E-state index in [9.17, 15) is 0 Å². The van der Waals surface area contributed by atoms with Crippen molar-refractivity contribution in [3.8, 4) is 11.4 Å². The van der Waals surface area contributed by atoms with Crippen LogP contribution in [0.1, 0.15) is 81.1 Å². The molecule has 4 unspecified atom stereocenters. The number of pyridine rings is 2. The zero-order chi connectivity index (χ0) is 22.3. The Balaban J connectivity index is 2.46. The molecule has 0 aromatic carbocycles. The van der Waals surface area contributed by atoms with Crippen LogP contribution in [0, 0.1) is 0 Å². The fourth-order valence-corrected chi connectivity index (χ4v) is 4.11. The standard InChI is InChI=1S/C26H42N4/c1-9-19(5)29(20(6)10-2)23-13-15-27-25(17-23)26-18-24(14-16-28-26)30(21(7)11-3)22(8)12-4/h13-22H,9-12H2,1-8H3. The highest BCUT2D eigenvalue weighted by Gasteiger charge is 2.21. The minimum atomic E-state index is 0.487. The van der Waals surface area contributed by atoms with Crippen LogP contribution in [-0.4, -0.2) is 34.1 Å². The van der Waals surface area contributed by atoms with Crippen LogP contribution in [0.4, 0.5) is 11.4 Å². The maximum absolute atomic E-state index is 4.69. The summed E-state index contributed by atoms with van der Waals surface area (Å²) in [5, 5.41) is 0. The smallest absolute Gasteiger partial charge is 0.0907 e. The summed E-state index contributed by atoms with van der Waals surface area (Å²) in [6.07, 6.45) is 8.34. The molecule has 4 nitrogen and oxygen atoms in total. The number of hydrogen-bond donors (Lipinski definition) is 0. The van der Waals surface area contributed by atoms with E-state index in [0.717, 1.165) is 37.1 Å². The van der Waals surface area contributed by atoms with Crippen molar-refractivity contribution in [2.75, 3.05) is 9.80 Å². The van der Waals surface area contributed by atoms with Crippen molar-refractivity contribution < 1.29 is 0 Å². The highest BCUT2D eigenvalue weighted by atomic mass is 15.2. The van der Waals surface area contributed by atoms with E-state index in [2.05, 4.69) is 99.4 Å². The van der Waals surface area contributed by atoms with Crippen molar-refractivity contribution in [3.05, 3.63) is 36.7 Å². The molecule has 4 heteroatoms. The van der Waals surface area contributed by atoms with Crippen LogP contribution >= 0.6 is 0 Å². The first-order valence-corrected chi connectivity index (χ1v) is 11.9. The zero-order valence-electron chi connectivity index (χ0n) is 20.4. The van der Waals surface area contributed by atoms with E-state index in [1.165, 1.54) is 11.4 Å². The Morgan fingerprint density at radius 2 is 0.900 bits per heavy atom. The van der Waals surface area contributed by atoms with Crippen molar-refractivity contribution in [2.24, 2.45) is 0 Å². The minimum Gasteiger partial charge on any atom is -0.366 e. The molecule has 30 heavy (non-hydrogen) atoms. The second-order valence-corrected chi connectivity index (χ2v) is 8.64. The van der Waals surface area contributed by atoms with Gasteiger partial charge in [0.05, 0.1) is 11.4 Å². The van der Waals surface area contributed by atoms with Gasteiger partial charge in [-0.05, 0) is 77.6 Å². The van der Waals surface area contributed by atoms with Crippen molar-refractivity contribution in [3.63, 3.8) is 0 Å². The Morgan fingerprint density at radius 1 is 0.600 bits per heavy atom. The van der Waals surface area contributed by atoms with E-state index in [1.807, 2.05) is 12.4 Å². The summed E-state index contributed by atoms with van der Waals surface area (Å²) in [6.45, 7) is 18.2. The van der Waals surface area contributed by atoms with E-state index >= 15 is 0 Å². The Hall–Kier alpha value is -2.10. The van der Waals surface area contributed by atoms with Crippen LogP contribution in [0.2, 0.25) is 0 Å². The van der Waals surface area contributed by atoms with Crippen molar-refractivity contribution in [2.45, 2.75) is 105 Å². The lowest BCUT2D eigenvalue weighted by Crippen LogP contribution is -2.40. The molecule has 2 rings (SSSR count). The van der Waals surface area contributed by atoms with E-state index < -0.39 is 0 Å². The fraction of sp³-hybridized carbons (Fsp3) is 0.615. The van der Waals surface area contributed by atoms with Gasteiger partial charge in [0, 0.05) is 47.9 Å². The number of aromatic nitrogens is 2. The predicted octanol–water partition coefficient (Wildman–Crippen LogP) is 6.95. The van der Waals surface area contributed by atoms with Gasteiger partial charge >= 0.3 is 0 Å². The molecule has 0 amide bonds. The summed E-state index contributed by atoms with van der Waals surface area (Å²) in [5.41, 5.74) is 4.35. The van der Waals surface area contributed by atoms with Gasteiger partial charge in [-0.3, -0.25) is 9.97 Å². The number of rotatable bonds is 11. The number of hydrogen-bond acceptors (Lipinski definition) is 4. The predicted molar refractivity (Wildman–Crippen MR) is 131 cm³/mol. The molecule has 0 aliphatic carbocycles. The normalized spacial score (nSPS) is 15.3. The third-order valence-electron chi connectivity index (χ3n) is 6.61. The second-order valence-electron chi connectivity index (χ2n) is 8.64. The first kappa shape index (κ1) is 24.2. The van der Waals surface area contributed by atoms with Crippen LogP contribution in [0.3, 0.4) is 0 Å². The summed E-state index contributed by atoms with van der Waals surface area (Å²) in [4.78, 5) is 14.4. The summed E-state index contributed by atoms with van der Waals surface area (Å²) < 4.78 is 0. The van der Waals surface area contributed by atoms with E-state index in [4.69, 9.17) is 0 Å². The Kier molecular flexibility index (Phi) is 9.13. The molecule has 0 aliphatic rings. The molecule has 0 bridgehead atoms. The maximum atomic E-state index is 4.69. The van der Waals surface area contributed by atoms with Gasteiger partial charge in [-0.15, -0.1) is 0 Å². The molecule has 0 saturated carbocycles. The van der Waals surface area contributed by atoms with E-state index in [1.54, 1.807) is 0 Å². The lowest BCUT2D eigenvalue weighted by Gasteiger charge is -2.36. The van der Waals surface area contributed by atoms with Gasteiger partial charge in [-0.2, -0.15) is 0 Å². The third-order valence-corrected chi connectivity index (χ3v) is 6.61. The summed E-state index contributed by atoms with van der Waals surface area (Å²) in [6, 6.07) is 10.6. The average molecular weight is 411 g/mol. The topological polar surface area (TPSA) is 32.3 Å². The van der Waals surface area contributed by atoms with Crippen LogP contribution in [-0.2, 0) is 0 Å². The summed E-state index contributed by atoms with van der Waals surface area (Å²) >= 11 is 0. The van der Waals surface area contributed by atoms with Crippen molar-refractivity contribution in [1.29, 1.82) is 0 Å². The molecule has 166 valence electrons. The Labute approximate surface area is 184 Å². The number of nitrogens with zero attached hydrogens (tertiary/aromatic N) is 4. The SMILES string of the molecule is CCC(C)N(c1ccnc(-c2cc(N(C(C)CC)C(C)CC)ccn2)c1)C(C)CC. The van der Waals surface area contributed by atoms with Gasteiger partial charge in [0.2, 0.25) is 0 Å². The molecule has 0 saturated heterocycles. The minimum absolute atomic E-state index is 0.487.